The number of hydrogen-bond donors (Lipinski definition) is 0. The van der Waals surface area contributed by atoms with Gasteiger partial charge in [-0.3, -0.25) is 4.90 Å². The van der Waals surface area contributed by atoms with Gasteiger partial charge in [-0.1, -0.05) is 15.9 Å². The van der Waals surface area contributed by atoms with Crippen LogP contribution < -0.4 is 0 Å². The van der Waals surface area contributed by atoms with Crippen molar-refractivity contribution >= 4 is 15.9 Å². The van der Waals surface area contributed by atoms with Crippen LogP contribution in [-0.2, 0) is 11.3 Å². The SMILES string of the molecule is CC1CN(Cc2ncnn2C(C)C)CC(CBr)O1. The van der Waals surface area contributed by atoms with E-state index in [1.807, 2.05) is 4.68 Å². The maximum absolute atomic E-state index is 5.83. The van der Waals surface area contributed by atoms with Gasteiger partial charge >= 0.3 is 0 Å². The van der Waals surface area contributed by atoms with Crippen LogP contribution in [0.25, 0.3) is 0 Å². The van der Waals surface area contributed by atoms with Gasteiger partial charge in [-0.25, -0.2) is 9.67 Å². The molecule has 0 spiro atoms. The number of morpholine rings is 1. The van der Waals surface area contributed by atoms with Crippen LogP contribution >= 0.6 is 15.9 Å². The summed E-state index contributed by atoms with van der Waals surface area (Å²) in [6.45, 7) is 9.11. The van der Waals surface area contributed by atoms with Gasteiger partial charge in [0.1, 0.15) is 12.2 Å². The number of hydrogen-bond acceptors (Lipinski definition) is 4. The highest BCUT2D eigenvalue weighted by atomic mass is 79.9. The van der Waals surface area contributed by atoms with Crippen molar-refractivity contribution in [3.8, 4) is 0 Å². The molecule has 102 valence electrons. The molecule has 0 saturated carbocycles. The van der Waals surface area contributed by atoms with E-state index in [9.17, 15) is 0 Å². The largest absolute Gasteiger partial charge is 0.372 e. The minimum atomic E-state index is 0.268. The molecule has 6 heteroatoms. The minimum absolute atomic E-state index is 0.268. The quantitative estimate of drug-likeness (QED) is 0.795. The highest BCUT2D eigenvalue weighted by molar-refractivity contribution is 9.09. The van der Waals surface area contributed by atoms with E-state index in [4.69, 9.17) is 4.74 Å². The van der Waals surface area contributed by atoms with Crippen LogP contribution in [0.1, 0.15) is 32.6 Å². The van der Waals surface area contributed by atoms with E-state index in [0.29, 0.717) is 6.04 Å². The minimum Gasteiger partial charge on any atom is -0.372 e. The predicted octanol–water partition coefficient (Wildman–Crippen LogP) is 1.84. The van der Waals surface area contributed by atoms with Gasteiger partial charge in [-0.2, -0.15) is 5.10 Å². The van der Waals surface area contributed by atoms with Crippen molar-refractivity contribution in [1.29, 1.82) is 0 Å². The molecule has 2 unspecified atom stereocenters. The molecule has 1 fully saturated rings. The smallest absolute Gasteiger partial charge is 0.141 e. The van der Waals surface area contributed by atoms with E-state index >= 15 is 0 Å². The van der Waals surface area contributed by atoms with Gasteiger partial charge in [0.2, 0.25) is 0 Å². The molecular formula is C12H21BrN4O. The lowest BCUT2D eigenvalue weighted by Gasteiger charge is -2.35. The average molecular weight is 317 g/mol. The molecule has 5 nitrogen and oxygen atoms in total. The zero-order valence-corrected chi connectivity index (χ0v) is 12.8. The van der Waals surface area contributed by atoms with Crippen LogP contribution in [0.15, 0.2) is 6.33 Å². The van der Waals surface area contributed by atoms with Crippen molar-refractivity contribution < 1.29 is 4.74 Å². The summed E-state index contributed by atoms with van der Waals surface area (Å²) in [4.78, 5) is 6.76. The van der Waals surface area contributed by atoms with Gasteiger partial charge in [-0.05, 0) is 20.8 Å². The second-order valence-corrected chi connectivity index (χ2v) is 5.78. The van der Waals surface area contributed by atoms with Crippen LogP contribution in [0.2, 0.25) is 0 Å². The van der Waals surface area contributed by atoms with E-state index in [2.05, 4.69) is 51.7 Å². The molecule has 0 radical (unpaired) electrons. The fourth-order valence-electron chi connectivity index (χ4n) is 2.37. The predicted molar refractivity (Wildman–Crippen MR) is 73.8 cm³/mol. The topological polar surface area (TPSA) is 43.2 Å². The number of ether oxygens (including phenoxy) is 1. The van der Waals surface area contributed by atoms with E-state index in [1.165, 1.54) is 0 Å². The lowest BCUT2D eigenvalue weighted by molar-refractivity contribution is -0.0687. The third-order valence-electron chi connectivity index (χ3n) is 3.08. The maximum atomic E-state index is 5.83. The fourth-order valence-corrected chi connectivity index (χ4v) is 2.73. The Morgan fingerprint density at radius 3 is 2.94 bits per heavy atom. The molecule has 1 aliphatic rings. The van der Waals surface area contributed by atoms with Crippen molar-refractivity contribution in [2.75, 3.05) is 18.4 Å². The van der Waals surface area contributed by atoms with Gasteiger partial charge in [-0.15, -0.1) is 0 Å². The Morgan fingerprint density at radius 2 is 2.28 bits per heavy atom. The van der Waals surface area contributed by atoms with E-state index < -0.39 is 0 Å². The van der Waals surface area contributed by atoms with E-state index in [-0.39, 0.29) is 12.2 Å². The highest BCUT2D eigenvalue weighted by Gasteiger charge is 2.25. The molecule has 1 saturated heterocycles. The Labute approximate surface area is 117 Å². The van der Waals surface area contributed by atoms with E-state index in [0.717, 1.165) is 30.8 Å². The molecule has 2 rings (SSSR count). The second kappa shape index (κ2) is 6.12. The van der Waals surface area contributed by atoms with Crippen LogP contribution in [0.3, 0.4) is 0 Å². The first-order valence-corrected chi connectivity index (χ1v) is 7.54. The molecular weight excluding hydrogens is 296 g/mol. The third-order valence-corrected chi connectivity index (χ3v) is 3.80. The maximum Gasteiger partial charge on any atom is 0.141 e. The van der Waals surface area contributed by atoms with Crippen LogP contribution in [0.5, 0.6) is 0 Å². The Balaban J connectivity index is 2.02. The lowest BCUT2D eigenvalue weighted by atomic mass is 10.2. The van der Waals surface area contributed by atoms with Crippen LogP contribution in [-0.4, -0.2) is 50.3 Å². The number of alkyl halides is 1. The Bertz CT molecular complexity index is 382. The average Bonchev–Trinajstić information content (AvgIpc) is 2.76. The third kappa shape index (κ3) is 3.30. The summed E-state index contributed by atoms with van der Waals surface area (Å²) in [6.07, 6.45) is 2.18. The van der Waals surface area contributed by atoms with Crippen molar-refractivity contribution in [2.24, 2.45) is 0 Å². The summed E-state index contributed by atoms with van der Waals surface area (Å²) in [5.74, 6) is 1.03. The monoisotopic (exact) mass is 316 g/mol. The number of nitrogens with zero attached hydrogens (tertiary/aromatic N) is 4. The van der Waals surface area contributed by atoms with Gasteiger partial charge in [0.05, 0.1) is 18.8 Å². The van der Waals surface area contributed by atoms with Crippen LogP contribution in [0.4, 0.5) is 0 Å². The first-order chi connectivity index (χ1) is 8.60. The summed E-state index contributed by atoms with van der Waals surface area (Å²) >= 11 is 3.50. The van der Waals surface area contributed by atoms with E-state index in [1.54, 1.807) is 6.33 Å². The van der Waals surface area contributed by atoms with Crippen molar-refractivity contribution in [2.45, 2.75) is 45.6 Å². The normalized spacial score (nSPS) is 25.8. The van der Waals surface area contributed by atoms with Crippen molar-refractivity contribution in [3.63, 3.8) is 0 Å². The summed E-state index contributed by atoms with van der Waals surface area (Å²) < 4.78 is 7.82. The summed E-state index contributed by atoms with van der Waals surface area (Å²) in [7, 11) is 0. The number of rotatable bonds is 4. The molecule has 0 aliphatic carbocycles. The van der Waals surface area contributed by atoms with Gasteiger partial charge in [0.25, 0.3) is 0 Å². The molecule has 2 heterocycles. The Hall–Kier alpha value is -0.460. The summed E-state index contributed by atoms with van der Waals surface area (Å²) in [5, 5.41) is 5.16. The molecule has 0 bridgehead atoms. The Morgan fingerprint density at radius 1 is 1.50 bits per heavy atom. The van der Waals surface area contributed by atoms with Gasteiger partial charge in [0.15, 0.2) is 0 Å². The summed E-state index contributed by atoms with van der Waals surface area (Å²) in [5.41, 5.74) is 0. The highest BCUT2D eigenvalue weighted by Crippen LogP contribution is 2.16. The van der Waals surface area contributed by atoms with Crippen LogP contribution in [0, 0.1) is 0 Å². The standard InChI is InChI=1S/C12H21BrN4O/c1-9(2)17-12(14-8-15-17)7-16-5-10(3)18-11(4-13)6-16/h8-11H,4-7H2,1-3H3. The summed E-state index contributed by atoms with van der Waals surface area (Å²) in [6, 6.07) is 0.355. The second-order valence-electron chi connectivity index (χ2n) is 5.13. The molecule has 0 aromatic carbocycles. The van der Waals surface area contributed by atoms with Crippen molar-refractivity contribution in [1.82, 2.24) is 19.7 Å². The first-order valence-electron chi connectivity index (χ1n) is 6.42. The fraction of sp³-hybridized carbons (Fsp3) is 0.833. The zero-order valence-electron chi connectivity index (χ0n) is 11.2. The molecule has 2 atom stereocenters. The lowest BCUT2D eigenvalue weighted by Crippen LogP contribution is -2.47. The molecule has 1 aromatic rings. The number of halogens is 1. The zero-order chi connectivity index (χ0) is 13.1. The molecule has 1 aromatic heterocycles. The first kappa shape index (κ1) is 14.0. The molecule has 18 heavy (non-hydrogen) atoms. The van der Waals surface area contributed by atoms with Gasteiger partial charge < -0.3 is 4.74 Å². The number of aromatic nitrogens is 3. The molecule has 0 amide bonds. The molecule has 1 aliphatic heterocycles. The van der Waals surface area contributed by atoms with Crippen molar-refractivity contribution in [3.05, 3.63) is 12.2 Å². The molecule has 0 N–H and O–H groups in total. The van der Waals surface area contributed by atoms with Gasteiger partial charge in [0, 0.05) is 24.5 Å². The Kier molecular flexibility index (Phi) is 4.75.